The Balaban J connectivity index is 2.09. The van der Waals surface area contributed by atoms with Gasteiger partial charge in [0.1, 0.15) is 11.5 Å². The summed E-state index contributed by atoms with van der Waals surface area (Å²) in [4.78, 5) is 28.9. The van der Waals surface area contributed by atoms with E-state index in [0.717, 1.165) is 6.07 Å². The molecule has 2 aromatic carbocycles. The van der Waals surface area contributed by atoms with Crippen molar-refractivity contribution in [3.8, 4) is 11.4 Å². The Morgan fingerprint density at radius 1 is 1.07 bits per heavy atom. The first kappa shape index (κ1) is 18.3. The number of hydrogen-bond donors (Lipinski definition) is 3. The zero-order valence-electron chi connectivity index (χ0n) is 14.2. The summed E-state index contributed by atoms with van der Waals surface area (Å²) >= 11 is 0. The quantitative estimate of drug-likeness (QED) is 0.313. The average Bonchev–Trinajstić information content (AvgIpc) is 3.08. The number of aromatic amines is 1. The van der Waals surface area contributed by atoms with Crippen LogP contribution in [-0.4, -0.2) is 38.1 Å². The third-order valence-corrected chi connectivity index (χ3v) is 4.05. The van der Waals surface area contributed by atoms with Gasteiger partial charge < -0.3 is 15.4 Å². The highest BCUT2D eigenvalue weighted by atomic mass is 16.6. The number of anilines is 1. The smallest absolute Gasteiger partial charge is 0.299 e. The van der Waals surface area contributed by atoms with Gasteiger partial charge in [0.2, 0.25) is 0 Å². The molecule has 0 radical (unpaired) electrons. The molecule has 10 heteroatoms. The summed E-state index contributed by atoms with van der Waals surface area (Å²) in [6.07, 6.45) is 1.15. The van der Waals surface area contributed by atoms with Gasteiger partial charge in [0.15, 0.2) is 0 Å². The van der Waals surface area contributed by atoms with Crippen molar-refractivity contribution >= 4 is 28.1 Å². The van der Waals surface area contributed by atoms with Crippen molar-refractivity contribution in [2.45, 2.75) is 12.8 Å². The highest BCUT2D eigenvalue weighted by Gasteiger charge is 2.26. The zero-order chi connectivity index (χ0) is 19.4. The fraction of sp³-hybridized carbons (Fsp3) is 0.235. The number of unbranched alkanes of at least 4 members (excludes halogenated alkanes) is 1. The van der Waals surface area contributed by atoms with Gasteiger partial charge in [-0.3, -0.25) is 20.2 Å². The summed E-state index contributed by atoms with van der Waals surface area (Å²) in [7, 11) is 0. The lowest BCUT2D eigenvalue weighted by Gasteiger charge is -2.09. The van der Waals surface area contributed by atoms with Crippen LogP contribution in [0.5, 0.6) is 0 Å². The van der Waals surface area contributed by atoms with Crippen LogP contribution in [0, 0.1) is 20.2 Å². The highest BCUT2D eigenvalue weighted by molar-refractivity contribution is 5.84. The third kappa shape index (κ3) is 3.85. The molecule has 10 nitrogen and oxygen atoms in total. The maximum Gasteiger partial charge on any atom is 0.299 e. The van der Waals surface area contributed by atoms with E-state index >= 15 is 0 Å². The van der Waals surface area contributed by atoms with Crippen LogP contribution in [0.1, 0.15) is 12.8 Å². The molecule has 0 bridgehead atoms. The van der Waals surface area contributed by atoms with Gasteiger partial charge in [0.25, 0.3) is 11.4 Å². The molecule has 0 saturated carbocycles. The number of aliphatic hydroxyl groups is 1. The van der Waals surface area contributed by atoms with Gasteiger partial charge in [0, 0.05) is 13.2 Å². The Morgan fingerprint density at radius 3 is 2.48 bits per heavy atom. The minimum Gasteiger partial charge on any atom is -0.396 e. The Bertz CT molecular complexity index is 968. The molecule has 0 fully saturated rings. The van der Waals surface area contributed by atoms with Crippen LogP contribution < -0.4 is 5.32 Å². The van der Waals surface area contributed by atoms with Gasteiger partial charge in [-0.05, 0) is 31.0 Å². The van der Waals surface area contributed by atoms with E-state index in [9.17, 15) is 20.2 Å². The number of nitro benzene ring substituents is 2. The first-order valence-corrected chi connectivity index (χ1v) is 8.28. The summed E-state index contributed by atoms with van der Waals surface area (Å²) in [5, 5.41) is 34.6. The topological polar surface area (TPSA) is 147 Å². The van der Waals surface area contributed by atoms with Gasteiger partial charge in [-0.2, -0.15) is 0 Å². The molecular formula is C17H17N5O5. The maximum absolute atomic E-state index is 11.5. The summed E-state index contributed by atoms with van der Waals surface area (Å²) < 4.78 is 0. The van der Waals surface area contributed by atoms with Gasteiger partial charge in [-0.25, -0.2) is 4.98 Å². The highest BCUT2D eigenvalue weighted by Crippen LogP contribution is 2.38. The van der Waals surface area contributed by atoms with E-state index in [2.05, 4.69) is 15.3 Å². The summed E-state index contributed by atoms with van der Waals surface area (Å²) in [6, 6.07) is 9.47. The van der Waals surface area contributed by atoms with Crippen LogP contribution in [0.15, 0.2) is 36.4 Å². The van der Waals surface area contributed by atoms with E-state index in [-0.39, 0.29) is 29.4 Å². The van der Waals surface area contributed by atoms with E-state index in [0.29, 0.717) is 30.4 Å². The second-order valence-electron chi connectivity index (χ2n) is 5.86. The summed E-state index contributed by atoms with van der Waals surface area (Å²) in [6.45, 7) is 0.410. The molecule has 0 amide bonds. The Labute approximate surface area is 153 Å². The number of benzene rings is 2. The van der Waals surface area contributed by atoms with Crippen molar-refractivity contribution in [2.24, 2.45) is 0 Å². The van der Waals surface area contributed by atoms with Crippen molar-refractivity contribution in [1.29, 1.82) is 0 Å². The normalized spacial score (nSPS) is 10.9. The molecule has 0 atom stereocenters. The number of nitro groups is 2. The molecule has 1 heterocycles. The largest absolute Gasteiger partial charge is 0.396 e. The summed E-state index contributed by atoms with van der Waals surface area (Å²) in [5.41, 5.74) is 0.882. The van der Waals surface area contributed by atoms with Crippen LogP contribution in [0.2, 0.25) is 0 Å². The molecule has 1 aromatic heterocycles. The fourth-order valence-electron chi connectivity index (χ4n) is 2.75. The molecule has 0 saturated heterocycles. The second-order valence-corrected chi connectivity index (χ2v) is 5.86. The number of nitrogens with one attached hydrogen (secondary N) is 2. The van der Waals surface area contributed by atoms with Crippen molar-refractivity contribution in [2.75, 3.05) is 18.5 Å². The van der Waals surface area contributed by atoms with Crippen LogP contribution in [0.25, 0.3) is 22.4 Å². The SMILES string of the molecule is O=[N+]([O-])c1cc([N+](=O)[O-])c(-c2nc3ccccc3[nH]2)cc1NCCCCO. The monoisotopic (exact) mass is 371 g/mol. The Kier molecular flexibility index (Phi) is 5.27. The van der Waals surface area contributed by atoms with Gasteiger partial charge >= 0.3 is 0 Å². The van der Waals surface area contributed by atoms with Crippen LogP contribution in [0.4, 0.5) is 17.1 Å². The third-order valence-electron chi connectivity index (χ3n) is 4.05. The number of hydrogen-bond acceptors (Lipinski definition) is 7. The molecule has 3 aromatic rings. The number of imidazole rings is 1. The molecule has 140 valence electrons. The minimum absolute atomic E-state index is 0.0221. The number of H-pyrrole nitrogens is 1. The van der Waals surface area contributed by atoms with Gasteiger partial charge in [0.05, 0.1) is 32.5 Å². The number of rotatable bonds is 8. The molecule has 0 unspecified atom stereocenters. The predicted molar refractivity (Wildman–Crippen MR) is 99.6 cm³/mol. The number of aromatic nitrogens is 2. The second kappa shape index (κ2) is 7.79. The molecule has 0 aliphatic carbocycles. The zero-order valence-corrected chi connectivity index (χ0v) is 14.2. The maximum atomic E-state index is 11.5. The lowest BCUT2D eigenvalue weighted by molar-refractivity contribution is -0.393. The molecule has 3 N–H and O–H groups in total. The van der Waals surface area contributed by atoms with E-state index in [1.165, 1.54) is 6.07 Å². The van der Waals surface area contributed by atoms with Gasteiger partial charge in [-0.15, -0.1) is 0 Å². The lowest BCUT2D eigenvalue weighted by Crippen LogP contribution is -2.06. The van der Waals surface area contributed by atoms with Crippen molar-refractivity contribution in [3.63, 3.8) is 0 Å². The summed E-state index contributed by atoms with van der Waals surface area (Å²) in [5.74, 6) is 0.260. The predicted octanol–water partition coefficient (Wildman–Crippen LogP) is 3.23. The number of para-hydroxylation sites is 2. The van der Waals surface area contributed by atoms with Crippen LogP contribution >= 0.6 is 0 Å². The standard InChI is InChI=1S/C17H17N5O5/c23-8-4-3-7-18-14-9-11(15(21(24)25)10-16(14)22(26)27)17-19-12-5-1-2-6-13(12)20-17/h1-2,5-6,9-10,18,23H,3-4,7-8H2,(H,19,20). The molecule has 0 aliphatic heterocycles. The minimum atomic E-state index is -0.663. The van der Waals surface area contributed by atoms with E-state index in [1.54, 1.807) is 18.2 Å². The van der Waals surface area contributed by atoms with Crippen molar-refractivity contribution in [1.82, 2.24) is 9.97 Å². The van der Waals surface area contributed by atoms with Gasteiger partial charge in [-0.1, -0.05) is 12.1 Å². The van der Waals surface area contributed by atoms with Crippen molar-refractivity contribution in [3.05, 3.63) is 56.6 Å². The first-order chi connectivity index (χ1) is 13.0. The van der Waals surface area contributed by atoms with E-state index in [1.807, 2.05) is 6.07 Å². The Hall–Kier alpha value is -3.53. The Morgan fingerprint density at radius 2 is 1.81 bits per heavy atom. The number of aliphatic hydroxyl groups excluding tert-OH is 1. The van der Waals surface area contributed by atoms with Crippen molar-refractivity contribution < 1.29 is 15.0 Å². The number of fused-ring (bicyclic) bond motifs is 1. The molecule has 0 aliphatic rings. The van der Waals surface area contributed by atoms with E-state index in [4.69, 9.17) is 5.11 Å². The molecule has 3 rings (SSSR count). The van der Waals surface area contributed by atoms with Crippen LogP contribution in [0.3, 0.4) is 0 Å². The number of nitrogens with zero attached hydrogens (tertiary/aromatic N) is 3. The molecular weight excluding hydrogens is 354 g/mol. The van der Waals surface area contributed by atoms with E-state index < -0.39 is 15.5 Å². The first-order valence-electron chi connectivity index (χ1n) is 8.28. The molecule has 0 spiro atoms. The lowest BCUT2D eigenvalue weighted by atomic mass is 10.1. The molecule has 27 heavy (non-hydrogen) atoms. The van der Waals surface area contributed by atoms with Crippen LogP contribution in [-0.2, 0) is 0 Å². The fourth-order valence-corrected chi connectivity index (χ4v) is 2.75. The average molecular weight is 371 g/mol.